The normalized spacial score (nSPS) is 10.3. The molecular formula is C11H9Br2N3O2. The Morgan fingerprint density at radius 2 is 2.22 bits per heavy atom. The molecule has 5 nitrogen and oxygen atoms in total. The Hall–Kier alpha value is -1.21. The molecule has 2 aromatic rings. The molecule has 0 saturated carbocycles. The highest BCUT2D eigenvalue weighted by molar-refractivity contribution is 9.11. The van der Waals surface area contributed by atoms with E-state index in [4.69, 9.17) is 0 Å². The number of hydrogen-bond donors (Lipinski definition) is 1. The first-order valence-electron chi connectivity index (χ1n) is 5.15. The largest absolute Gasteiger partial charge is 0.352 e. The highest BCUT2D eigenvalue weighted by Crippen LogP contribution is 2.21. The van der Waals surface area contributed by atoms with E-state index in [2.05, 4.69) is 51.8 Å². The number of rotatable bonds is 4. The summed E-state index contributed by atoms with van der Waals surface area (Å²) in [4.78, 5) is 15.8. The van der Waals surface area contributed by atoms with Crippen LogP contribution in [0.4, 0.5) is 0 Å². The number of benzene rings is 1. The molecule has 0 bridgehead atoms. The third-order valence-electron chi connectivity index (χ3n) is 2.21. The summed E-state index contributed by atoms with van der Waals surface area (Å²) < 4.78 is 6.21. The Balaban J connectivity index is 1.93. The highest BCUT2D eigenvalue weighted by Gasteiger charge is 2.10. The fourth-order valence-electron chi connectivity index (χ4n) is 1.36. The number of nitrogens with zero attached hydrogens (tertiary/aromatic N) is 2. The van der Waals surface area contributed by atoms with Crippen molar-refractivity contribution in [1.29, 1.82) is 0 Å². The standard InChI is InChI=1S/C11H9Br2N3O2/c12-7-1-2-9(13)8(5-7)11(17)14-4-3-10-15-6-18-16-10/h1-2,5-6H,3-4H2,(H,14,17). The second-order valence-electron chi connectivity index (χ2n) is 3.48. The minimum atomic E-state index is -0.147. The first-order chi connectivity index (χ1) is 8.66. The number of carbonyl (C=O) groups is 1. The minimum Gasteiger partial charge on any atom is -0.352 e. The van der Waals surface area contributed by atoms with Gasteiger partial charge in [-0.05, 0) is 34.1 Å². The van der Waals surface area contributed by atoms with Crippen molar-refractivity contribution >= 4 is 37.8 Å². The van der Waals surface area contributed by atoms with Crippen molar-refractivity contribution in [3.8, 4) is 0 Å². The Morgan fingerprint density at radius 1 is 1.39 bits per heavy atom. The molecule has 7 heteroatoms. The lowest BCUT2D eigenvalue weighted by atomic mass is 10.2. The number of amides is 1. The van der Waals surface area contributed by atoms with E-state index in [1.54, 1.807) is 6.07 Å². The Kier molecular flexibility index (Phi) is 4.48. The smallest absolute Gasteiger partial charge is 0.252 e. The maximum atomic E-state index is 11.9. The van der Waals surface area contributed by atoms with E-state index in [1.165, 1.54) is 6.39 Å². The van der Waals surface area contributed by atoms with E-state index in [0.29, 0.717) is 24.4 Å². The molecule has 1 heterocycles. The van der Waals surface area contributed by atoms with Gasteiger partial charge in [0.15, 0.2) is 5.82 Å². The molecule has 1 aromatic carbocycles. The third kappa shape index (κ3) is 3.39. The van der Waals surface area contributed by atoms with Crippen molar-refractivity contribution in [3.63, 3.8) is 0 Å². The summed E-state index contributed by atoms with van der Waals surface area (Å²) in [6.07, 6.45) is 1.80. The van der Waals surface area contributed by atoms with Gasteiger partial charge in [0.25, 0.3) is 5.91 Å². The number of aromatic nitrogens is 2. The molecular weight excluding hydrogens is 366 g/mol. The quantitative estimate of drug-likeness (QED) is 0.892. The molecule has 0 spiro atoms. The van der Waals surface area contributed by atoms with Crippen molar-refractivity contribution in [3.05, 3.63) is 44.9 Å². The van der Waals surface area contributed by atoms with Gasteiger partial charge in [-0.15, -0.1) is 0 Å². The average Bonchev–Trinajstić information content (AvgIpc) is 2.85. The van der Waals surface area contributed by atoms with E-state index in [1.807, 2.05) is 12.1 Å². The van der Waals surface area contributed by atoms with Crippen LogP contribution < -0.4 is 5.32 Å². The van der Waals surface area contributed by atoms with Crippen LogP contribution in [0.1, 0.15) is 16.2 Å². The van der Waals surface area contributed by atoms with Gasteiger partial charge in [0.1, 0.15) is 0 Å². The van der Waals surface area contributed by atoms with Crippen molar-refractivity contribution in [2.45, 2.75) is 6.42 Å². The molecule has 1 N–H and O–H groups in total. The molecule has 1 amide bonds. The molecule has 94 valence electrons. The second-order valence-corrected chi connectivity index (χ2v) is 5.25. The van der Waals surface area contributed by atoms with Gasteiger partial charge in [-0.2, -0.15) is 4.98 Å². The van der Waals surface area contributed by atoms with Crippen LogP contribution in [-0.2, 0) is 6.42 Å². The van der Waals surface area contributed by atoms with Crippen molar-refractivity contribution in [1.82, 2.24) is 15.5 Å². The molecule has 0 saturated heterocycles. The van der Waals surface area contributed by atoms with Crippen LogP contribution in [-0.4, -0.2) is 22.6 Å². The second kappa shape index (κ2) is 6.10. The molecule has 0 aliphatic rings. The summed E-state index contributed by atoms with van der Waals surface area (Å²) in [7, 11) is 0. The van der Waals surface area contributed by atoms with Crippen LogP contribution in [0.2, 0.25) is 0 Å². The van der Waals surface area contributed by atoms with Crippen LogP contribution in [0.15, 0.2) is 38.1 Å². The van der Waals surface area contributed by atoms with Crippen LogP contribution in [0.25, 0.3) is 0 Å². The van der Waals surface area contributed by atoms with Crippen molar-refractivity contribution < 1.29 is 9.32 Å². The fourth-order valence-corrected chi connectivity index (χ4v) is 2.14. The first kappa shape index (κ1) is 13.2. The van der Waals surface area contributed by atoms with Crippen LogP contribution in [0.3, 0.4) is 0 Å². The molecule has 18 heavy (non-hydrogen) atoms. The fraction of sp³-hybridized carbons (Fsp3) is 0.182. The van der Waals surface area contributed by atoms with Crippen molar-refractivity contribution in [2.24, 2.45) is 0 Å². The molecule has 0 aliphatic carbocycles. The van der Waals surface area contributed by atoms with E-state index in [0.717, 1.165) is 8.95 Å². The lowest BCUT2D eigenvalue weighted by Gasteiger charge is -2.06. The van der Waals surface area contributed by atoms with Gasteiger partial charge in [0.2, 0.25) is 6.39 Å². The summed E-state index contributed by atoms with van der Waals surface area (Å²) in [6.45, 7) is 0.456. The molecule has 0 fully saturated rings. The van der Waals surface area contributed by atoms with Crippen LogP contribution >= 0.6 is 31.9 Å². The summed E-state index contributed by atoms with van der Waals surface area (Å²) in [6, 6.07) is 5.44. The van der Waals surface area contributed by atoms with E-state index < -0.39 is 0 Å². The summed E-state index contributed by atoms with van der Waals surface area (Å²) in [5, 5.41) is 6.46. The van der Waals surface area contributed by atoms with Crippen LogP contribution in [0, 0.1) is 0 Å². The maximum absolute atomic E-state index is 11.9. The summed E-state index contributed by atoms with van der Waals surface area (Å²) in [5.74, 6) is 0.426. The molecule has 0 aliphatic heterocycles. The lowest BCUT2D eigenvalue weighted by Crippen LogP contribution is -2.26. The van der Waals surface area contributed by atoms with E-state index in [9.17, 15) is 4.79 Å². The number of halogens is 2. The monoisotopic (exact) mass is 373 g/mol. The van der Waals surface area contributed by atoms with E-state index in [-0.39, 0.29) is 5.91 Å². The van der Waals surface area contributed by atoms with Crippen LogP contribution in [0.5, 0.6) is 0 Å². The maximum Gasteiger partial charge on any atom is 0.252 e. The van der Waals surface area contributed by atoms with Gasteiger partial charge in [-0.25, -0.2) is 0 Å². The van der Waals surface area contributed by atoms with Gasteiger partial charge < -0.3 is 9.84 Å². The summed E-state index contributed by atoms with van der Waals surface area (Å²) in [5.41, 5.74) is 0.581. The minimum absolute atomic E-state index is 0.147. The Labute approximate surface area is 120 Å². The molecule has 0 atom stereocenters. The summed E-state index contributed by atoms with van der Waals surface area (Å²) >= 11 is 6.67. The number of nitrogens with one attached hydrogen (secondary N) is 1. The predicted octanol–water partition coefficient (Wildman–Crippen LogP) is 2.57. The highest BCUT2D eigenvalue weighted by atomic mass is 79.9. The topological polar surface area (TPSA) is 68.0 Å². The zero-order valence-corrected chi connectivity index (χ0v) is 12.4. The van der Waals surface area contributed by atoms with E-state index >= 15 is 0 Å². The average molecular weight is 375 g/mol. The van der Waals surface area contributed by atoms with Gasteiger partial charge in [-0.1, -0.05) is 21.1 Å². The zero-order chi connectivity index (χ0) is 13.0. The van der Waals surface area contributed by atoms with Gasteiger partial charge in [0.05, 0.1) is 5.56 Å². The zero-order valence-electron chi connectivity index (χ0n) is 9.19. The third-order valence-corrected chi connectivity index (χ3v) is 3.40. The van der Waals surface area contributed by atoms with Crippen molar-refractivity contribution in [2.75, 3.05) is 6.54 Å². The van der Waals surface area contributed by atoms with Gasteiger partial charge >= 0.3 is 0 Å². The molecule has 0 unspecified atom stereocenters. The van der Waals surface area contributed by atoms with Gasteiger partial charge in [-0.3, -0.25) is 4.79 Å². The molecule has 0 radical (unpaired) electrons. The first-order valence-corrected chi connectivity index (χ1v) is 6.74. The Bertz CT molecular complexity index is 543. The molecule has 1 aromatic heterocycles. The SMILES string of the molecule is O=C(NCCc1ncon1)c1cc(Br)ccc1Br. The predicted molar refractivity (Wildman–Crippen MR) is 72.2 cm³/mol. The Morgan fingerprint density at radius 3 is 2.94 bits per heavy atom. The van der Waals surface area contributed by atoms with Gasteiger partial charge in [0, 0.05) is 21.9 Å². The number of hydrogen-bond acceptors (Lipinski definition) is 4. The lowest BCUT2D eigenvalue weighted by molar-refractivity contribution is 0.0953. The number of carbonyl (C=O) groups excluding carboxylic acids is 1. The molecule has 2 rings (SSSR count).